The number of nitriles is 1. The summed E-state index contributed by atoms with van der Waals surface area (Å²) in [6.07, 6.45) is 2.71. The number of halogens is 1. The molecule has 4 nitrogen and oxygen atoms in total. The summed E-state index contributed by atoms with van der Waals surface area (Å²) in [6.45, 7) is 0. The van der Waals surface area contributed by atoms with Crippen LogP contribution in [0, 0.1) is 16.7 Å². The standard InChI is InChI=1S/C18H16ClN3OS2/c19-13-8-15(12-4-1-3-11(7-12)9-20)24-16(13)14-10-25(23)18(5-2-6-18)17(21)22-14/h1,3-4,7-8,14H,2,5-6,10H2,(H2,21,22)/t14-,25?/m0/s1. The zero-order valence-corrected chi connectivity index (χ0v) is 15.7. The Bertz CT molecular complexity index is 885. The maximum absolute atomic E-state index is 12.7. The fourth-order valence-corrected chi connectivity index (χ4v) is 6.92. The van der Waals surface area contributed by atoms with Crippen LogP contribution in [0.1, 0.15) is 35.7 Å². The van der Waals surface area contributed by atoms with Crippen LogP contribution in [0.3, 0.4) is 0 Å². The van der Waals surface area contributed by atoms with Crippen LogP contribution in [0.4, 0.5) is 0 Å². The molecular weight excluding hydrogens is 374 g/mol. The van der Waals surface area contributed by atoms with Crippen molar-refractivity contribution in [3.8, 4) is 16.5 Å². The first-order valence-corrected chi connectivity index (χ1v) is 10.6. The molecule has 7 heteroatoms. The molecule has 2 N–H and O–H groups in total. The molecule has 128 valence electrons. The molecule has 1 aliphatic heterocycles. The molecule has 25 heavy (non-hydrogen) atoms. The van der Waals surface area contributed by atoms with Crippen molar-refractivity contribution in [3.05, 3.63) is 45.8 Å². The lowest BCUT2D eigenvalue weighted by atomic mass is 9.82. The van der Waals surface area contributed by atoms with Crippen molar-refractivity contribution in [1.29, 1.82) is 10.7 Å². The van der Waals surface area contributed by atoms with E-state index in [4.69, 9.17) is 22.3 Å². The molecule has 0 bridgehead atoms. The lowest BCUT2D eigenvalue weighted by molar-refractivity contribution is 0.394. The van der Waals surface area contributed by atoms with E-state index in [2.05, 4.69) is 11.4 Å². The first-order valence-electron chi connectivity index (χ1n) is 8.07. The first-order chi connectivity index (χ1) is 12.0. The van der Waals surface area contributed by atoms with Gasteiger partial charge in [0.1, 0.15) is 11.8 Å². The molecule has 2 aliphatic rings. The summed E-state index contributed by atoms with van der Waals surface area (Å²) in [7, 11) is 0. The second-order valence-electron chi connectivity index (χ2n) is 6.45. The summed E-state index contributed by atoms with van der Waals surface area (Å²) < 4.78 is 12.3. The zero-order valence-electron chi connectivity index (χ0n) is 13.3. The molecule has 0 amide bonds. The maximum atomic E-state index is 12.7. The second kappa shape index (κ2) is 6.33. The normalized spacial score (nSPS) is 24.4. The van der Waals surface area contributed by atoms with Gasteiger partial charge in [-0.15, -0.1) is 11.3 Å². The average molecular weight is 390 g/mol. The lowest BCUT2D eigenvalue weighted by Gasteiger charge is -2.47. The summed E-state index contributed by atoms with van der Waals surface area (Å²) in [4.78, 5) is 1.88. The Labute approximate surface area is 158 Å². The van der Waals surface area contributed by atoms with Crippen molar-refractivity contribution in [2.75, 3.05) is 5.75 Å². The largest absolute Gasteiger partial charge is 0.616 e. The molecule has 1 aliphatic carbocycles. The number of nitrogens with zero attached hydrogens (tertiary/aromatic N) is 1. The van der Waals surface area contributed by atoms with Gasteiger partial charge in [-0.05, 0) is 41.4 Å². The summed E-state index contributed by atoms with van der Waals surface area (Å²) >= 11 is 6.94. The summed E-state index contributed by atoms with van der Waals surface area (Å²) in [5, 5.41) is 21.3. The molecule has 1 unspecified atom stereocenters. The minimum atomic E-state index is -1.05. The number of thiophene rings is 1. The average Bonchev–Trinajstić information content (AvgIpc) is 2.95. The molecule has 4 rings (SSSR count). The SMILES string of the molecule is N#Cc1cccc(-c2cc(Cl)c([C@@H]3C[S+]([O-])C4(CCC4)C(=N)N3)s2)c1. The molecule has 0 radical (unpaired) electrons. The minimum Gasteiger partial charge on any atom is -0.616 e. The van der Waals surface area contributed by atoms with Crippen LogP contribution < -0.4 is 5.32 Å². The topological polar surface area (TPSA) is 82.7 Å². The van der Waals surface area contributed by atoms with Crippen LogP contribution in [0.15, 0.2) is 30.3 Å². The highest BCUT2D eigenvalue weighted by atomic mass is 35.5. The molecule has 1 spiro atoms. The Morgan fingerprint density at radius 1 is 1.40 bits per heavy atom. The van der Waals surface area contributed by atoms with Crippen LogP contribution in [0.25, 0.3) is 10.4 Å². The van der Waals surface area contributed by atoms with Gasteiger partial charge in [-0.25, -0.2) is 0 Å². The number of benzene rings is 1. The Morgan fingerprint density at radius 3 is 2.84 bits per heavy atom. The van der Waals surface area contributed by atoms with Gasteiger partial charge in [0.25, 0.3) is 0 Å². The number of hydrogen-bond donors (Lipinski definition) is 2. The highest BCUT2D eigenvalue weighted by Gasteiger charge is 2.56. The van der Waals surface area contributed by atoms with Gasteiger partial charge in [-0.1, -0.05) is 23.7 Å². The van der Waals surface area contributed by atoms with E-state index in [9.17, 15) is 4.55 Å². The van der Waals surface area contributed by atoms with Crippen molar-refractivity contribution in [2.45, 2.75) is 30.1 Å². The van der Waals surface area contributed by atoms with E-state index in [1.807, 2.05) is 24.3 Å². The molecule has 2 atom stereocenters. The summed E-state index contributed by atoms with van der Waals surface area (Å²) in [5.41, 5.74) is 1.55. The summed E-state index contributed by atoms with van der Waals surface area (Å²) in [5.74, 6) is 0.881. The van der Waals surface area contributed by atoms with Crippen LogP contribution in [0.2, 0.25) is 5.02 Å². The second-order valence-corrected chi connectivity index (χ2v) is 9.74. The van der Waals surface area contributed by atoms with E-state index in [1.54, 1.807) is 6.07 Å². The molecule has 1 aromatic heterocycles. The van der Waals surface area contributed by atoms with Gasteiger partial charge in [-0.3, -0.25) is 5.41 Å². The predicted octanol–water partition coefficient (Wildman–Crippen LogP) is 4.23. The van der Waals surface area contributed by atoms with Crippen LogP contribution >= 0.6 is 22.9 Å². The predicted molar refractivity (Wildman–Crippen MR) is 103 cm³/mol. The van der Waals surface area contributed by atoms with Gasteiger partial charge in [0.15, 0.2) is 10.6 Å². The smallest absolute Gasteiger partial charge is 0.181 e. The minimum absolute atomic E-state index is 0.190. The number of hydrogen-bond acceptors (Lipinski definition) is 4. The molecule has 1 aromatic carbocycles. The van der Waals surface area contributed by atoms with E-state index in [-0.39, 0.29) is 6.04 Å². The molecule has 1 saturated heterocycles. The van der Waals surface area contributed by atoms with Gasteiger partial charge in [-0.2, -0.15) is 5.26 Å². The van der Waals surface area contributed by atoms with Crippen LogP contribution in [-0.2, 0) is 11.2 Å². The van der Waals surface area contributed by atoms with E-state index in [0.29, 0.717) is 22.2 Å². The fourth-order valence-electron chi connectivity index (χ4n) is 3.39. The van der Waals surface area contributed by atoms with Gasteiger partial charge in [0.05, 0.1) is 21.5 Å². The first kappa shape index (κ1) is 16.9. The summed E-state index contributed by atoms with van der Waals surface area (Å²) in [6, 6.07) is 11.3. The Balaban J connectivity index is 1.63. The van der Waals surface area contributed by atoms with Crippen molar-refractivity contribution < 1.29 is 4.55 Å². The highest BCUT2D eigenvalue weighted by Crippen LogP contribution is 2.46. The number of rotatable bonds is 2. The van der Waals surface area contributed by atoms with Gasteiger partial charge in [0, 0.05) is 17.7 Å². The third-order valence-electron chi connectivity index (χ3n) is 5.00. The van der Waals surface area contributed by atoms with Crippen LogP contribution in [-0.4, -0.2) is 20.9 Å². The van der Waals surface area contributed by atoms with E-state index in [1.165, 1.54) is 11.3 Å². The lowest BCUT2D eigenvalue weighted by Crippen LogP contribution is -2.63. The Hall–Kier alpha value is -1.52. The molecule has 2 aromatic rings. The third kappa shape index (κ3) is 2.76. The maximum Gasteiger partial charge on any atom is 0.181 e. The monoisotopic (exact) mass is 389 g/mol. The van der Waals surface area contributed by atoms with Crippen LogP contribution in [0.5, 0.6) is 0 Å². The van der Waals surface area contributed by atoms with Gasteiger partial charge < -0.3 is 9.87 Å². The molecule has 1 saturated carbocycles. The quantitative estimate of drug-likeness (QED) is 0.754. The van der Waals surface area contributed by atoms with E-state index in [0.717, 1.165) is 34.6 Å². The Morgan fingerprint density at radius 2 is 2.20 bits per heavy atom. The van der Waals surface area contributed by atoms with Crippen molar-refractivity contribution >= 4 is 39.9 Å². The molecule has 2 fully saturated rings. The number of nitrogens with one attached hydrogen (secondary N) is 2. The number of amidine groups is 1. The van der Waals surface area contributed by atoms with Crippen molar-refractivity contribution in [2.24, 2.45) is 0 Å². The van der Waals surface area contributed by atoms with E-state index < -0.39 is 15.9 Å². The molecular formula is C18H16ClN3OS2. The van der Waals surface area contributed by atoms with Gasteiger partial charge in [0.2, 0.25) is 0 Å². The third-order valence-corrected chi connectivity index (χ3v) is 8.84. The van der Waals surface area contributed by atoms with Crippen molar-refractivity contribution in [3.63, 3.8) is 0 Å². The molecule has 2 heterocycles. The fraction of sp³-hybridized carbons (Fsp3) is 0.333. The highest BCUT2D eigenvalue weighted by molar-refractivity contribution is 7.93. The van der Waals surface area contributed by atoms with E-state index >= 15 is 0 Å². The Kier molecular flexibility index (Phi) is 4.28. The van der Waals surface area contributed by atoms with Crippen molar-refractivity contribution in [1.82, 2.24) is 5.32 Å². The zero-order chi connectivity index (χ0) is 17.6. The van der Waals surface area contributed by atoms with Gasteiger partial charge >= 0.3 is 0 Å².